The number of rotatable bonds is 2. The third-order valence-corrected chi connectivity index (χ3v) is 5.46. The van der Waals surface area contributed by atoms with Crippen molar-refractivity contribution in [3.63, 3.8) is 0 Å². The number of halogens is 1. The predicted octanol–water partition coefficient (Wildman–Crippen LogP) is 3.73. The Hall–Kier alpha value is -1.69. The molecule has 4 rings (SSSR count). The summed E-state index contributed by atoms with van der Waals surface area (Å²) in [6.45, 7) is 6.08. The molecule has 1 N–H and O–H groups in total. The number of hydrogen-bond acceptors (Lipinski definition) is 5. The SMILES string of the molecule is Cc1sc2ncnc(N3CCNCC3)c2c1-c1ccc(Cl)cc1. The molecule has 3 heterocycles. The second-order valence-corrected chi connectivity index (χ2v) is 7.29. The molecule has 0 aliphatic carbocycles. The Balaban J connectivity index is 1.92. The average Bonchev–Trinajstić information content (AvgIpc) is 2.92. The second kappa shape index (κ2) is 6.07. The summed E-state index contributed by atoms with van der Waals surface area (Å²) in [6.07, 6.45) is 1.68. The molecule has 1 aliphatic heterocycles. The number of nitrogens with zero attached hydrogens (tertiary/aromatic N) is 3. The third kappa shape index (κ3) is 2.69. The molecule has 0 spiro atoms. The van der Waals surface area contributed by atoms with Crippen LogP contribution in [0.5, 0.6) is 0 Å². The Kier molecular flexibility index (Phi) is 3.93. The predicted molar refractivity (Wildman–Crippen MR) is 97.7 cm³/mol. The highest BCUT2D eigenvalue weighted by Crippen LogP contribution is 2.41. The molecule has 1 aliphatic rings. The van der Waals surface area contributed by atoms with Crippen molar-refractivity contribution in [3.8, 4) is 11.1 Å². The van der Waals surface area contributed by atoms with Gasteiger partial charge in [0.15, 0.2) is 0 Å². The van der Waals surface area contributed by atoms with Gasteiger partial charge in [0, 0.05) is 41.6 Å². The van der Waals surface area contributed by atoms with E-state index >= 15 is 0 Å². The molecule has 1 saturated heterocycles. The first-order chi connectivity index (χ1) is 11.2. The average molecular weight is 345 g/mol. The number of thiophene rings is 1. The lowest BCUT2D eigenvalue weighted by molar-refractivity contribution is 0.586. The molecule has 0 saturated carbocycles. The van der Waals surface area contributed by atoms with Crippen LogP contribution in [0.3, 0.4) is 0 Å². The fourth-order valence-electron chi connectivity index (χ4n) is 3.11. The molecule has 0 atom stereocenters. The summed E-state index contributed by atoms with van der Waals surface area (Å²) >= 11 is 7.78. The molecule has 23 heavy (non-hydrogen) atoms. The van der Waals surface area contributed by atoms with Crippen LogP contribution < -0.4 is 10.2 Å². The molecule has 6 heteroatoms. The number of anilines is 1. The molecule has 0 amide bonds. The van der Waals surface area contributed by atoms with Crippen LogP contribution in [-0.2, 0) is 0 Å². The maximum absolute atomic E-state index is 6.05. The zero-order valence-electron chi connectivity index (χ0n) is 12.8. The summed E-state index contributed by atoms with van der Waals surface area (Å²) in [6, 6.07) is 8.03. The standard InChI is InChI=1S/C17H17ClN4S/c1-11-14(12-2-4-13(18)5-3-12)15-16(20-10-21-17(15)23-11)22-8-6-19-7-9-22/h2-5,10,19H,6-9H2,1H3. The fraction of sp³-hybridized carbons (Fsp3) is 0.294. The fourth-order valence-corrected chi connectivity index (χ4v) is 4.24. The van der Waals surface area contributed by atoms with E-state index in [1.807, 2.05) is 12.1 Å². The Bertz CT molecular complexity index is 838. The number of piperazine rings is 1. The minimum atomic E-state index is 0.754. The smallest absolute Gasteiger partial charge is 0.141 e. The largest absolute Gasteiger partial charge is 0.353 e. The van der Waals surface area contributed by atoms with Crippen molar-refractivity contribution < 1.29 is 0 Å². The van der Waals surface area contributed by atoms with Gasteiger partial charge in [-0.2, -0.15) is 0 Å². The molecule has 0 radical (unpaired) electrons. The van der Waals surface area contributed by atoms with Gasteiger partial charge in [-0.25, -0.2) is 9.97 Å². The van der Waals surface area contributed by atoms with Crippen molar-refractivity contribution in [1.82, 2.24) is 15.3 Å². The van der Waals surface area contributed by atoms with E-state index in [-0.39, 0.29) is 0 Å². The van der Waals surface area contributed by atoms with Crippen LogP contribution in [0.2, 0.25) is 5.02 Å². The summed E-state index contributed by atoms with van der Waals surface area (Å²) < 4.78 is 0. The molecule has 4 nitrogen and oxygen atoms in total. The lowest BCUT2D eigenvalue weighted by Crippen LogP contribution is -2.44. The maximum atomic E-state index is 6.05. The maximum Gasteiger partial charge on any atom is 0.141 e. The van der Waals surface area contributed by atoms with E-state index in [4.69, 9.17) is 11.6 Å². The van der Waals surface area contributed by atoms with Gasteiger partial charge in [-0.3, -0.25) is 0 Å². The van der Waals surface area contributed by atoms with Gasteiger partial charge in [0.2, 0.25) is 0 Å². The number of nitrogens with one attached hydrogen (secondary N) is 1. The van der Waals surface area contributed by atoms with E-state index in [0.29, 0.717) is 0 Å². The summed E-state index contributed by atoms with van der Waals surface area (Å²) in [7, 11) is 0. The first-order valence-corrected chi connectivity index (χ1v) is 8.89. The van der Waals surface area contributed by atoms with E-state index in [0.717, 1.165) is 41.8 Å². The van der Waals surface area contributed by atoms with Crippen LogP contribution in [0, 0.1) is 6.92 Å². The number of hydrogen-bond donors (Lipinski definition) is 1. The van der Waals surface area contributed by atoms with Crippen molar-refractivity contribution in [1.29, 1.82) is 0 Å². The normalized spacial score (nSPS) is 15.3. The first kappa shape index (κ1) is 14.9. The molecule has 1 fully saturated rings. The Morgan fingerprint density at radius 2 is 1.87 bits per heavy atom. The molecule has 2 aromatic heterocycles. The molecule has 1 aromatic carbocycles. The van der Waals surface area contributed by atoms with Crippen molar-refractivity contribution in [3.05, 3.63) is 40.5 Å². The van der Waals surface area contributed by atoms with E-state index in [2.05, 4.69) is 39.2 Å². The Labute approximate surface area is 144 Å². The van der Waals surface area contributed by atoms with E-state index in [9.17, 15) is 0 Å². The molecule has 118 valence electrons. The van der Waals surface area contributed by atoms with E-state index in [1.54, 1.807) is 17.7 Å². The van der Waals surface area contributed by atoms with Crippen molar-refractivity contribution in [2.45, 2.75) is 6.92 Å². The first-order valence-electron chi connectivity index (χ1n) is 7.70. The lowest BCUT2D eigenvalue weighted by atomic mass is 10.0. The van der Waals surface area contributed by atoms with Crippen molar-refractivity contribution in [2.75, 3.05) is 31.1 Å². The van der Waals surface area contributed by atoms with Crippen LogP contribution in [0.25, 0.3) is 21.3 Å². The van der Waals surface area contributed by atoms with E-state index in [1.165, 1.54) is 21.4 Å². The summed E-state index contributed by atoms with van der Waals surface area (Å²) in [4.78, 5) is 13.8. The van der Waals surface area contributed by atoms with Gasteiger partial charge in [0.1, 0.15) is 17.0 Å². The van der Waals surface area contributed by atoms with Gasteiger partial charge in [-0.15, -0.1) is 11.3 Å². The van der Waals surface area contributed by atoms with Gasteiger partial charge in [-0.1, -0.05) is 23.7 Å². The van der Waals surface area contributed by atoms with Crippen molar-refractivity contribution >= 4 is 39.0 Å². The number of aromatic nitrogens is 2. The Morgan fingerprint density at radius 3 is 2.61 bits per heavy atom. The topological polar surface area (TPSA) is 41.1 Å². The van der Waals surface area contributed by atoms with Gasteiger partial charge in [0.05, 0.1) is 5.39 Å². The number of benzene rings is 1. The van der Waals surface area contributed by atoms with Crippen LogP contribution >= 0.6 is 22.9 Å². The van der Waals surface area contributed by atoms with E-state index < -0.39 is 0 Å². The Morgan fingerprint density at radius 1 is 1.13 bits per heavy atom. The van der Waals surface area contributed by atoms with Crippen LogP contribution in [0.1, 0.15) is 4.88 Å². The van der Waals surface area contributed by atoms with Crippen LogP contribution in [-0.4, -0.2) is 36.1 Å². The highest BCUT2D eigenvalue weighted by Gasteiger charge is 2.21. The zero-order chi connectivity index (χ0) is 15.8. The monoisotopic (exact) mass is 344 g/mol. The second-order valence-electron chi connectivity index (χ2n) is 5.65. The minimum absolute atomic E-state index is 0.754. The minimum Gasteiger partial charge on any atom is -0.353 e. The third-order valence-electron chi connectivity index (χ3n) is 4.19. The summed E-state index contributed by atoms with van der Waals surface area (Å²) in [5.41, 5.74) is 2.40. The molecule has 3 aromatic rings. The molecular weight excluding hydrogens is 328 g/mol. The zero-order valence-corrected chi connectivity index (χ0v) is 14.4. The number of aryl methyl sites for hydroxylation is 1. The molecular formula is C17H17ClN4S. The van der Waals surface area contributed by atoms with Gasteiger partial charge in [0.25, 0.3) is 0 Å². The van der Waals surface area contributed by atoms with Crippen LogP contribution in [0.4, 0.5) is 5.82 Å². The van der Waals surface area contributed by atoms with Gasteiger partial charge >= 0.3 is 0 Å². The van der Waals surface area contributed by atoms with Gasteiger partial charge < -0.3 is 10.2 Å². The quantitative estimate of drug-likeness (QED) is 0.769. The molecule has 0 unspecified atom stereocenters. The summed E-state index contributed by atoms with van der Waals surface area (Å²) in [5, 5.41) is 5.31. The van der Waals surface area contributed by atoms with Crippen molar-refractivity contribution in [2.24, 2.45) is 0 Å². The van der Waals surface area contributed by atoms with Gasteiger partial charge in [-0.05, 0) is 24.6 Å². The molecule has 0 bridgehead atoms. The summed E-state index contributed by atoms with van der Waals surface area (Å²) in [5.74, 6) is 1.05. The number of fused-ring (bicyclic) bond motifs is 1. The highest BCUT2D eigenvalue weighted by molar-refractivity contribution is 7.19. The van der Waals surface area contributed by atoms with Crippen LogP contribution in [0.15, 0.2) is 30.6 Å². The highest BCUT2D eigenvalue weighted by atomic mass is 35.5. The lowest BCUT2D eigenvalue weighted by Gasteiger charge is -2.29.